The predicted molar refractivity (Wildman–Crippen MR) is 70.8 cm³/mol. The van der Waals surface area contributed by atoms with Crippen molar-refractivity contribution in [2.45, 2.75) is 6.92 Å². The van der Waals surface area contributed by atoms with E-state index in [-0.39, 0.29) is 0 Å². The number of nitrogens with zero attached hydrogens (tertiary/aromatic N) is 2. The van der Waals surface area contributed by atoms with Crippen LogP contribution in [0.15, 0.2) is 24.3 Å². The molecule has 86 valence electrons. The minimum Gasteiger partial charge on any atom is -0.364 e. The standard InChI is InChI=1S/C12H12N4S/c1-8-4-3-5-9(6-8)15-11-10(7-13)17-12(14-2)16-11/h3-6,15H,1-2H3,(H,14,16). The highest BCUT2D eigenvalue weighted by Gasteiger charge is 2.09. The maximum Gasteiger partial charge on any atom is 0.185 e. The van der Waals surface area contributed by atoms with E-state index in [4.69, 9.17) is 5.26 Å². The van der Waals surface area contributed by atoms with Crippen molar-refractivity contribution in [3.8, 4) is 6.07 Å². The first-order valence-electron chi connectivity index (χ1n) is 5.15. The summed E-state index contributed by atoms with van der Waals surface area (Å²) < 4.78 is 0. The maximum absolute atomic E-state index is 9.01. The Morgan fingerprint density at radius 2 is 2.24 bits per heavy atom. The van der Waals surface area contributed by atoms with Gasteiger partial charge in [-0.1, -0.05) is 23.5 Å². The third-order valence-electron chi connectivity index (χ3n) is 2.22. The number of hydrogen-bond donors (Lipinski definition) is 2. The molecule has 2 rings (SSSR count). The van der Waals surface area contributed by atoms with Gasteiger partial charge in [0, 0.05) is 12.7 Å². The Bertz CT molecular complexity index is 568. The van der Waals surface area contributed by atoms with E-state index in [1.54, 1.807) is 7.05 Å². The number of aromatic nitrogens is 1. The number of nitrogens with one attached hydrogen (secondary N) is 2. The van der Waals surface area contributed by atoms with Gasteiger partial charge in [0.2, 0.25) is 0 Å². The molecule has 0 bridgehead atoms. The van der Waals surface area contributed by atoms with Crippen LogP contribution in [0.3, 0.4) is 0 Å². The molecule has 17 heavy (non-hydrogen) atoms. The average molecular weight is 244 g/mol. The monoisotopic (exact) mass is 244 g/mol. The maximum atomic E-state index is 9.01. The number of benzene rings is 1. The first-order chi connectivity index (χ1) is 8.22. The molecule has 5 heteroatoms. The molecule has 2 N–H and O–H groups in total. The van der Waals surface area contributed by atoms with Gasteiger partial charge in [0.25, 0.3) is 0 Å². The van der Waals surface area contributed by atoms with Gasteiger partial charge in [0.05, 0.1) is 0 Å². The zero-order valence-electron chi connectivity index (χ0n) is 9.61. The smallest absolute Gasteiger partial charge is 0.185 e. The fourth-order valence-corrected chi connectivity index (χ4v) is 2.12. The van der Waals surface area contributed by atoms with Crippen LogP contribution in [0.25, 0.3) is 0 Å². The Morgan fingerprint density at radius 1 is 1.41 bits per heavy atom. The summed E-state index contributed by atoms with van der Waals surface area (Å²) in [6, 6.07) is 10.1. The van der Waals surface area contributed by atoms with Crippen LogP contribution in [0.1, 0.15) is 10.4 Å². The number of thiazole rings is 1. The molecule has 0 saturated carbocycles. The van der Waals surface area contributed by atoms with Crippen LogP contribution in [-0.2, 0) is 0 Å². The van der Waals surface area contributed by atoms with E-state index in [9.17, 15) is 0 Å². The fourth-order valence-electron chi connectivity index (χ4n) is 1.45. The van der Waals surface area contributed by atoms with E-state index in [1.807, 2.05) is 31.2 Å². The highest BCUT2D eigenvalue weighted by Crippen LogP contribution is 2.28. The lowest BCUT2D eigenvalue weighted by Crippen LogP contribution is -1.93. The van der Waals surface area contributed by atoms with Gasteiger partial charge >= 0.3 is 0 Å². The zero-order chi connectivity index (χ0) is 12.3. The number of rotatable bonds is 3. The van der Waals surface area contributed by atoms with Crippen LogP contribution in [0.2, 0.25) is 0 Å². The molecule has 1 aromatic carbocycles. The molecule has 0 radical (unpaired) electrons. The summed E-state index contributed by atoms with van der Waals surface area (Å²) in [4.78, 5) is 4.88. The number of nitriles is 1. The van der Waals surface area contributed by atoms with E-state index in [2.05, 4.69) is 21.7 Å². The molecule has 4 nitrogen and oxygen atoms in total. The molecule has 2 aromatic rings. The van der Waals surface area contributed by atoms with Gasteiger partial charge in [-0.25, -0.2) is 4.98 Å². The van der Waals surface area contributed by atoms with Crippen molar-refractivity contribution >= 4 is 28.0 Å². The first kappa shape index (κ1) is 11.4. The van der Waals surface area contributed by atoms with Crippen LogP contribution in [0, 0.1) is 18.3 Å². The second kappa shape index (κ2) is 4.85. The summed E-state index contributed by atoms with van der Waals surface area (Å²) in [5.74, 6) is 0.604. The molecule has 0 aliphatic heterocycles. The summed E-state index contributed by atoms with van der Waals surface area (Å²) in [6.45, 7) is 2.02. The first-order valence-corrected chi connectivity index (χ1v) is 5.97. The minimum absolute atomic E-state index is 0.579. The summed E-state index contributed by atoms with van der Waals surface area (Å²) in [5, 5.41) is 15.8. The third-order valence-corrected chi connectivity index (χ3v) is 3.20. The van der Waals surface area contributed by atoms with Crippen LogP contribution in [-0.4, -0.2) is 12.0 Å². The molecule has 0 aliphatic rings. The summed E-state index contributed by atoms with van der Waals surface area (Å²) in [7, 11) is 1.79. The molecule has 1 aromatic heterocycles. The van der Waals surface area contributed by atoms with E-state index in [0.717, 1.165) is 16.4 Å². The van der Waals surface area contributed by atoms with Crippen LogP contribution in [0.5, 0.6) is 0 Å². The van der Waals surface area contributed by atoms with Crippen molar-refractivity contribution in [2.24, 2.45) is 0 Å². The topological polar surface area (TPSA) is 60.7 Å². The molecule has 0 amide bonds. The van der Waals surface area contributed by atoms with Gasteiger partial charge in [0.1, 0.15) is 6.07 Å². The Labute approximate surface area is 104 Å². The third kappa shape index (κ3) is 2.55. The highest BCUT2D eigenvalue weighted by molar-refractivity contribution is 7.16. The second-order valence-electron chi connectivity index (χ2n) is 3.55. The normalized spacial score (nSPS) is 9.71. The Kier molecular flexibility index (Phi) is 3.26. The molecular weight excluding hydrogens is 232 g/mol. The highest BCUT2D eigenvalue weighted by atomic mass is 32.1. The molecule has 0 spiro atoms. The van der Waals surface area contributed by atoms with Crippen molar-refractivity contribution in [1.29, 1.82) is 5.26 Å². The number of hydrogen-bond acceptors (Lipinski definition) is 5. The summed E-state index contributed by atoms with van der Waals surface area (Å²) in [5.41, 5.74) is 2.10. The Hall–Kier alpha value is -2.06. The summed E-state index contributed by atoms with van der Waals surface area (Å²) >= 11 is 1.34. The average Bonchev–Trinajstić information content (AvgIpc) is 2.71. The Balaban J connectivity index is 2.30. The lowest BCUT2D eigenvalue weighted by Gasteiger charge is -2.03. The molecule has 0 unspecified atom stereocenters. The van der Waals surface area contributed by atoms with Crippen molar-refractivity contribution < 1.29 is 0 Å². The number of aryl methyl sites for hydroxylation is 1. The number of anilines is 3. The minimum atomic E-state index is 0.579. The molecule has 0 saturated heterocycles. The van der Waals surface area contributed by atoms with Gasteiger partial charge in [-0.3, -0.25) is 0 Å². The van der Waals surface area contributed by atoms with E-state index < -0.39 is 0 Å². The lowest BCUT2D eigenvalue weighted by atomic mass is 10.2. The van der Waals surface area contributed by atoms with E-state index in [0.29, 0.717) is 10.7 Å². The molecule has 1 heterocycles. The largest absolute Gasteiger partial charge is 0.364 e. The SMILES string of the molecule is CNc1nc(Nc2cccc(C)c2)c(C#N)s1. The van der Waals surface area contributed by atoms with Crippen molar-refractivity contribution in [1.82, 2.24) is 4.98 Å². The van der Waals surface area contributed by atoms with E-state index >= 15 is 0 Å². The van der Waals surface area contributed by atoms with Crippen LogP contribution in [0.4, 0.5) is 16.6 Å². The van der Waals surface area contributed by atoms with Crippen molar-refractivity contribution in [3.63, 3.8) is 0 Å². The molecule has 0 fully saturated rings. The van der Waals surface area contributed by atoms with Crippen molar-refractivity contribution in [3.05, 3.63) is 34.7 Å². The van der Waals surface area contributed by atoms with Crippen molar-refractivity contribution in [2.75, 3.05) is 17.7 Å². The van der Waals surface area contributed by atoms with Gasteiger partial charge in [-0.2, -0.15) is 5.26 Å². The van der Waals surface area contributed by atoms with Crippen LogP contribution < -0.4 is 10.6 Å². The Morgan fingerprint density at radius 3 is 2.88 bits per heavy atom. The van der Waals surface area contributed by atoms with Gasteiger partial charge in [0.15, 0.2) is 15.8 Å². The summed E-state index contributed by atoms with van der Waals surface area (Å²) in [6.07, 6.45) is 0. The van der Waals surface area contributed by atoms with E-state index in [1.165, 1.54) is 11.3 Å². The van der Waals surface area contributed by atoms with Crippen LogP contribution >= 0.6 is 11.3 Å². The quantitative estimate of drug-likeness (QED) is 0.871. The predicted octanol–water partition coefficient (Wildman–Crippen LogP) is 3.11. The van der Waals surface area contributed by atoms with Gasteiger partial charge in [-0.05, 0) is 24.6 Å². The van der Waals surface area contributed by atoms with Gasteiger partial charge in [-0.15, -0.1) is 0 Å². The molecule has 0 atom stereocenters. The molecular formula is C12H12N4S. The zero-order valence-corrected chi connectivity index (χ0v) is 10.4. The fraction of sp³-hybridized carbons (Fsp3) is 0.167. The second-order valence-corrected chi connectivity index (χ2v) is 4.55. The van der Waals surface area contributed by atoms with Gasteiger partial charge < -0.3 is 10.6 Å². The lowest BCUT2D eigenvalue weighted by molar-refractivity contribution is 1.33. The molecule has 0 aliphatic carbocycles.